The minimum atomic E-state index is 0.277. The van der Waals surface area contributed by atoms with Crippen LogP contribution in [0, 0.1) is 5.41 Å². The van der Waals surface area contributed by atoms with Gasteiger partial charge in [-0.3, -0.25) is 10.3 Å². The molecule has 0 radical (unpaired) electrons. The van der Waals surface area contributed by atoms with E-state index in [1.807, 2.05) is 48.5 Å². The van der Waals surface area contributed by atoms with E-state index in [9.17, 15) is 0 Å². The quantitative estimate of drug-likeness (QED) is 0.368. The molecule has 2 aromatic carbocycles. The summed E-state index contributed by atoms with van der Waals surface area (Å²) in [5.41, 5.74) is 7.74. The Morgan fingerprint density at radius 3 is 2.23 bits per heavy atom. The molecule has 0 amide bonds. The second kappa shape index (κ2) is 10.3. The van der Waals surface area contributed by atoms with E-state index >= 15 is 0 Å². The molecule has 2 aliphatic heterocycles. The highest BCUT2D eigenvalue weighted by Gasteiger charge is 2.29. The highest BCUT2D eigenvalue weighted by atomic mass is 16.5. The van der Waals surface area contributed by atoms with Crippen molar-refractivity contribution in [1.29, 1.82) is 5.41 Å². The van der Waals surface area contributed by atoms with Gasteiger partial charge >= 0.3 is 0 Å². The number of piperidine rings is 1. The lowest BCUT2D eigenvalue weighted by Gasteiger charge is -2.42. The highest BCUT2D eigenvalue weighted by molar-refractivity contribution is 6.16. The molecule has 2 fully saturated rings. The van der Waals surface area contributed by atoms with Gasteiger partial charge in [0, 0.05) is 43.8 Å². The zero-order valence-electron chi connectivity index (χ0n) is 19.8. The van der Waals surface area contributed by atoms with Gasteiger partial charge in [0.25, 0.3) is 0 Å². The smallest absolute Gasteiger partial charge is 0.141 e. The Morgan fingerprint density at radius 1 is 1.00 bits per heavy atom. The molecule has 0 bridgehead atoms. The van der Waals surface area contributed by atoms with E-state index in [4.69, 9.17) is 20.6 Å². The van der Waals surface area contributed by atoms with Crippen molar-refractivity contribution in [1.82, 2.24) is 20.2 Å². The summed E-state index contributed by atoms with van der Waals surface area (Å²) >= 11 is 0. The van der Waals surface area contributed by atoms with E-state index in [-0.39, 0.29) is 5.71 Å². The van der Waals surface area contributed by atoms with Crippen molar-refractivity contribution in [3.63, 3.8) is 0 Å². The highest BCUT2D eigenvalue weighted by Crippen LogP contribution is 2.27. The maximum Gasteiger partial charge on any atom is 0.141 e. The van der Waals surface area contributed by atoms with Crippen molar-refractivity contribution in [2.75, 3.05) is 44.3 Å². The van der Waals surface area contributed by atoms with Crippen molar-refractivity contribution >= 4 is 17.3 Å². The number of likely N-dealkylation sites (tertiary alicyclic amines) is 1. The van der Waals surface area contributed by atoms with Crippen molar-refractivity contribution in [2.45, 2.75) is 24.9 Å². The zero-order valence-corrected chi connectivity index (χ0v) is 19.8. The van der Waals surface area contributed by atoms with Gasteiger partial charge in [0.05, 0.1) is 18.4 Å². The third-order valence-electron chi connectivity index (χ3n) is 6.71. The molecule has 2 saturated heterocycles. The molecule has 3 aromatic rings. The van der Waals surface area contributed by atoms with Gasteiger partial charge in [0.2, 0.25) is 0 Å². The molecule has 0 atom stereocenters. The van der Waals surface area contributed by atoms with Crippen molar-refractivity contribution in [3.05, 3.63) is 66.0 Å². The average Bonchev–Trinajstić information content (AvgIpc) is 2.85. The number of ether oxygens (including phenoxy) is 2. The fourth-order valence-electron chi connectivity index (χ4n) is 4.50. The molecule has 9 heteroatoms. The molecule has 5 rings (SSSR count). The number of methoxy groups -OCH3 is 1. The molecule has 0 unspecified atom stereocenters. The predicted octanol–water partition coefficient (Wildman–Crippen LogP) is 3.12. The van der Waals surface area contributed by atoms with Gasteiger partial charge in [0.1, 0.15) is 35.2 Å². The Labute approximate surface area is 205 Å². The summed E-state index contributed by atoms with van der Waals surface area (Å²) in [5.74, 6) is 3.07. The summed E-state index contributed by atoms with van der Waals surface area (Å²) in [4.78, 5) is 11.2. The standard InChI is InChI=1S/C26H31N7O2/c1-34-20-6-8-22(9-7-20)35-21-4-2-17(3-5-21)24(27)23-25(28)30-16-31-26(23)32-18-10-12-33(13-11-18)19-14-29-15-19/h2-9,16,18-19,27,29H,10-15H2,1H3,(H3,28,30,31,32). The van der Waals surface area contributed by atoms with E-state index in [1.54, 1.807) is 7.11 Å². The molecule has 35 heavy (non-hydrogen) atoms. The summed E-state index contributed by atoms with van der Waals surface area (Å²) in [7, 11) is 1.63. The van der Waals surface area contributed by atoms with Crippen LogP contribution in [0.3, 0.4) is 0 Å². The topological polar surface area (TPSA) is 121 Å². The lowest BCUT2D eigenvalue weighted by atomic mass is 9.99. The van der Waals surface area contributed by atoms with Crippen LogP contribution in [0.5, 0.6) is 17.2 Å². The second-order valence-corrected chi connectivity index (χ2v) is 8.93. The van der Waals surface area contributed by atoms with Gasteiger partial charge in [-0.25, -0.2) is 9.97 Å². The fourth-order valence-corrected chi connectivity index (χ4v) is 4.50. The number of benzene rings is 2. The van der Waals surface area contributed by atoms with Crippen LogP contribution in [-0.4, -0.2) is 66.0 Å². The van der Waals surface area contributed by atoms with Crippen molar-refractivity contribution in [3.8, 4) is 17.2 Å². The SMILES string of the molecule is COc1ccc(Oc2ccc(C(=N)c3c(N)ncnc3NC3CCN(C4CNC4)CC3)cc2)cc1. The Balaban J connectivity index is 1.26. The van der Waals surface area contributed by atoms with E-state index in [0.29, 0.717) is 46.3 Å². The first-order valence-electron chi connectivity index (χ1n) is 11.9. The molecule has 2 aliphatic rings. The first-order chi connectivity index (χ1) is 17.1. The third kappa shape index (κ3) is 5.21. The van der Waals surface area contributed by atoms with Gasteiger partial charge in [-0.2, -0.15) is 0 Å². The monoisotopic (exact) mass is 473 g/mol. The number of aromatic nitrogens is 2. The van der Waals surface area contributed by atoms with Crippen LogP contribution in [0.4, 0.5) is 11.6 Å². The molecule has 1 aromatic heterocycles. The van der Waals surface area contributed by atoms with Gasteiger partial charge < -0.3 is 25.8 Å². The van der Waals surface area contributed by atoms with Gasteiger partial charge in [-0.05, 0) is 61.4 Å². The Kier molecular flexibility index (Phi) is 6.78. The first-order valence-corrected chi connectivity index (χ1v) is 11.9. The summed E-state index contributed by atoms with van der Waals surface area (Å²) in [6.07, 6.45) is 3.52. The van der Waals surface area contributed by atoms with Gasteiger partial charge in [0.15, 0.2) is 0 Å². The van der Waals surface area contributed by atoms with Crippen LogP contribution in [0.25, 0.3) is 0 Å². The van der Waals surface area contributed by atoms with Crippen LogP contribution in [0.15, 0.2) is 54.9 Å². The largest absolute Gasteiger partial charge is 0.497 e. The Hall–Kier alpha value is -3.69. The average molecular weight is 474 g/mol. The summed E-state index contributed by atoms with van der Waals surface area (Å²) in [5, 5.41) is 15.7. The number of nitrogens with two attached hydrogens (primary N) is 1. The van der Waals surface area contributed by atoms with Crippen LogP contribution >= 0.6 is 0 Å². The third-order valence-corrected chi connectivity index (χ3v) is 6.71. The number of rotatable bonds is 8. The maximum absolute atomic E-state index is 8.86. The number of hydrogen-bond acceptors (Lipinski definition) is 9. The molecule has 9 nitrogen and oxygen atoms in total. The van der Waals surface area contributed by atoms with Crippen molar-refractivity contribution < 1.29 is 9.47 Å². The lowest BCUT2D eigenvalue weighted by Crippen LogP contribution is -2.59. The summed E-state index contributed by atoms with van der Waals surface area (Å²) in [6.45, 7) is 4.30. The Bertz CT molecular complexity index is 1160. The van der Waals surface area contributed by atoms with Gasteiger partial charge in [-0.1, -0.05) is 0 Å². The first kappa shape index (κ1) is 23.1. The molecule has 3 heterocycles. The van der Waals surface area contributed by atoms with E-state index in [2.05, 4.69) is 25.5 Å². The van der Waals surface area contributed by atoms with Gasteiger partial charge in [-0.15, -0.1) is 0 Å². The van der Waals surface area contributed by atoms with Crippen LogP contribution in [0.1, 0.15) is 24.0 Å². The predicted molar refractivity (Wildman–Crippen MR) is 137 cm³/mol. The minimum absolute atomic E-state index is 0.277. The van der Waals surface area contributed by atoms with E-state index in [0.717, 1.165) is 44.8 Å². The van der Waals surface area contributed by atoms with Crippen molar-refractivity contribution in [2.24, 2.45) is 0 Å². The summed E-state index contributed by atoms with van der Waals surface area (Å²) in [6, 6.07) is 15.7. The fraction of sp³-hybridized carbons (Fsp3) is 0.346. The van der Waals surface area contributed by atoms with E-state index in [1.165, 1.54) is 6.33 Å². The number of nitrogens with zero attached hydrogens (tertiary/aromatic N) is 3. The molecular weight excluding hydrogens is 442 g/mol. The zero-order chi connectivity index (χ0) is 24.2. The molecule has 0 saturated carbocycles. The molecular formula is C26H31N7O2. The summed E-state index contributed by atoms with van der Waals surface area (Å²) < 4.78 is 11.1. The number of hydrogen-bond donors (Lipinski definition) is 4. The number of nitrogen functional groups attached to an aromatic ring is 1. The lowest BCUT2D eigenvalue weighted by molar-refractivity contribution is 0.117. The van der Waals surface area contributed by atoms with Crippen LogP contribution in [-0.2, 0) is 0 Å². The van der Waals surface area contributed by atoms with E-state index < -0.39 is 0 Å². The maximum atomic E-state index is 8.86. The normalized spacial score (nSPS) is 16.9. The molecule has 5 N–H and O–H groups in total. The molecule has 0 spiro atoms. The number of anilines is 2. The Morgan fingerprint density at radius 2 is 1.63 bits per heavy atom. The number of nitrogens with one attached hydrogen (secondary N) is 3. The molecule has 182 valence electrons. The second-order valence-electron chi connectivity index (χ2n) is 8.93. The van der Waals surface area contributed by atoms with Crippen LogP contribution in [0.2, 0.25) is 0 Å². The van der Waals surface area contributed by atoms with Crippen LogP contribution < -0.4 is 25.8 Å². The minimum Gasteiger partial charge on any atom is -0.497 e. The molecule has 0 aliphatic carbocycles.